The van der Waals surface area contributed by atoms with Gasteiger partial charge in [0, 0.05) is 22.8 Å². The molecule has 3 heteroatoms. The van der Waals surface area contributed by atoms with Gasteiger partial charge in [-0.1, -0.05) is 48.0 Å². The van der Waals surface area contributed by atoms with Crippen LogP contribution >= 0.6 is 11.6 Å². The Morgan fingerprint density at radius 3 is 2.58 bits per heavy atom. The highest BCUT2D eigenvalue weighted by Crippen LogP contribution is 2.30. The van der Waals surface area contributed by atoms with E-state index in [0.29, 0.717) is 5.02 Å². The quantitative estimate of drug-likeness (QED) is 0.765. The monoisotopic (exact) mass is 268 g/mol. The number of pyridine rings is 1. The molecule has 2 N–H and O–H groups in total. The van der Waals surface area contributed by atoms with Crippen LogP contribution in [0, 0.1) is 0 Å². The molecular formula is C16H13ClN2. The fourth-order valence-corrected chi connectivity index (χ4v) is 2.56. The molecule has 1 unspecified atom stereocenters. The summed E-state index contributed by atoms with van der Waals surface area (Å²) in [5.41, 5.74) is 8.34. The van der Waals surface area contributed by atoms with Crippen molar-refractivity contribution in [3.63, 3.8) is 0 Å². The number of benzene rings is 2. The Morgan fingerprint density at radius 1 is 0.947 bits per heavy atom. The van der Waals surface area contributed by atoms with Crippen molar-refractivity contribution in [1.82, 2.24) is 4.98 Å². The van der Waals surface area contributed by atoms with Crippen molar-refractivity contribution in [2.75, 3.05) is 0 Å². The summed E-state index contributed by atoms with van der Waals surface area (Å²) >= 11 is 6.22. The van der Waals surface area contributed by atoms with Gasteiger partial charge in [0.25, 0.3) is 0 Å². The van der Waals surface area contributed by atoms with E-state index in [1.54, 1.807) is 6.20 Å². The van der Waals surface area contributed by atoms with Crippen LogP contribution in [0.4, 0.5) is 0 Å². The first-order valence-corrected chi connectivity index (χ1v) is 6.48. The number of aromatic nitrogens is 1. The standard InChI is InChI=1S/C16H13ClN2/c17-15-7-2-1-5-13(15)16(18)12-6-3-4-11-8-9-19-10-14(11)12/h1-10,16H,18H2. The largest absolute Gasteiger partial charge is 0.320 e. The fraction of sp³-hybridized carbons (Fsp3) is 0.0625. The van der Waals surface area contributed by atoms with Gasteiger partial charge in [-0.2, -0.15) is 0 Å². The fourth-order valence-electron chi connectivity index (χ4n) is 2.30. The van der Waals surface area contributed by atoms with Crippen molar-refractivity contribution in [2.45, 2.75) is 6.04 Å². The van der Waals surface area contributed by atoms with Gasteiger partial charge in [-0.3, -0.25) is 4.98 Å². The molecule has 0 bridgehead atoms. The molecule has 0 amide bonds. The molecule has 94 valence electrons. The van der Waals surface area contributed by atoms with Crippen LogP contribution in [0.3, 0.4) is 0 Å². The molecular weight excluding hydrogens is 256 g/mol. The number of rotatable bonds is 2. The third-order valence-corrected chi connectivity index (χ3v) is 3.64. The summed E-state index contributed by atoms with van der Waals surface area (Å²) in [6.07, 6.45) is 3.63. The highest BCUT2D eigenvalue weighted by Gasteiger charge is 2.14. The predicted octanol–water partition coefficient (Wildman–Crippen LogP) is 3.94. The zero-order chi connectivity index (χ0) is 13.2. The van der Waals surface area contributed by atoms with Gasteiger partial charge >= 0.3 is 0 Å². The SMILES string of the molecule is NC(c1ccccc1Cl)c1cccc2ccncc12. The molecule has 1 heterocycles. The first-order valence-electron chi connectivity index (χ1n) is 6.10. The summed E-state index contributed by atoms with van der Waals surface area (Å²) < 4.78 is 0. The number of hydrogen-bond donors (Lipinski definition) is 1. The van der Waals surface area contributed by atoms with Crippen LogP contribution in [0.5, 0.6) is 0 Å². The normalized spacial score (nSPS) is 12.5. The lowest BCUT2D eigenvalue weighted by atomic mass is 9.95. The molecule has 0 radical (unpaired) electrons. The van der Waals surface area contributed by atoms with Gasteiger partial charge in [-0.05, 0) is 28.6 Å². The van der Waals surface area contributed by atoms with Crippen LogP contribution in [0.1, 0.15) is 17.2 Å². The van der Waals surface area contributed by atoms with E-state index >= 15 is 0 Å². The molecule has 0 aliphatic heterocycles. The zero-order valence-corrected chi connectivity index (χ0v) is 11.0. The molecule has 1 atom stereocenters. The second kappa shape index (κ2) is 5.00. The summed E-state index contributed by atoms with van der Waals surface area (Å²) in [7, 11) is 0. The van der Waals surface area contributed by atoms with Crippen molar-refractivity contribution < 1.29 is 0 Å². The van der Waals surface area contributed by atoms with Crippen LogP contribution in [0.25, 0.3) is 10.8 Å². The lowest BCUT2D eigenvalue weighted by Crippen LogP contribution is -2.12. The molecule has 0 aliphatic rings. The average molecular weight is 269 g/mol. The molecule has 19 heavy (non-hydrogen) atoms. The van der Waals surface area contributed by atoms with Gasteiger partial charge in [0.1, 0.15) is 0 Å². The minimum Gasteiger partial charge on any atom is -0.320 e. The molecule has 3 rings (SSSR count). The Hall–Kier alpha value is -1.90. The maximum atomic E-state index is 6.37. The van der Waals surface area contributed by atoms with Crippen molar-refractivity contribution in [3.8, 4) is 0 Å². The Balaban J connectivity index is 2.17. The Labute approximate surface area is 116 Å². The third kappa shape index (κ3) is 2.21. The second-order valence-corrected chi connectivity index (χ2v) is 4.85. The molecule has 2 aromatic carbocycles. The van der Waals surface area contributed by atoms with Crippen LogP contribution in [-0.4, -0.2) is 4.98 Å². The number of halogens is 1. The Morgan fingerprint density at radius 2 is 1.74 bits per heavy atom. The topological polar surface area (TPSA) is 38.9 Å². The van der Waals surface area contributed by atoms with E-state index in [4.69, 9.17) is 17.3 Å². The molecule has 0 spiro atoms. The van der Waals surface area contributed by atoms with Gasteiger partial charge in [-0.25, -0.2) is 0 Å². The van der Waals surface area contributed by atoms with Gasteiger partial charge < -0.3 is 5.73 Å². The Bertz CT molecular complexity index is 719. The minimum atomic E-state index is -0.249. The number of hydrogen-bond acceptors (Lipinski definition) is 2. The lowest BCUT2D eigenvalue weighted by molar-refractivity contribution is 0.880. The van der Waals surface area contributed by atoms with Gasteiger partial charge in [0.2, 0.25) is 0 Å². The maximum absolute atomic E-state index is 6.37. The molecule has 0 aliphatic carbocycles. The summed E-state index contributed by atoms with van der Waals surface area (Å²) in [4.78, 5) is 4.18. The number of nitrogens with two attached hydrogens (primary N) is 1. The molecule has 2 nitrogen and oxygen atoms in total. The van der Waals surface area contributed by atoms with Crippen molar-refractivity contribution in [2.24, 2.45) is 5.73 Å². The van der Waals surface area contributed by atoms with E-state index in [1.165, 1.54) is 0 Å². The number of fused-ring (bicyclic) bond motifs is 1. The molecule has 0 saturated carbocycles. The van der Waals surface area contributed by atoms with E-state index in [-0.39, 0.29) is 6.04 Å². The lowest BCUT2D eigenvalue weighted by Gasteiger charge is -2.16. The van der Waals surface area contributed by atoms with Crippen molar-refractivity contribution in [1.29, 1.82) is 0 Å². The summed E-state index contributed by atoms with van der Waals surface area (Å²) in [6.45, 7) is 0. The molecule has 0 fully saturated rings. The summed E-state index contributed by atoms with van der Waals surface area (Å²) in [5, 5.41) is 2.89. The molecule has 0 saturated heterocycles. The highest BCUT2D eigenvalue weighted by molar-refractivity contribution is 6.31. The number of nitrogens with zero attached hydrogens (tertiary/aromatic N) is 1. The summed E-state index contributed by atoms with van der Waals surface area (Å²) in [5.74, 6) is 0. The van der Waals surface area contributed by atoms with Gasteiger partial charge in [0.15, 0.2) is 0 Å². The van der Waals surface area contributed by atoms with Gasteiger partial charge in [-0.15, -0.1) is 0 Å². The average Bonchev–Trinajstić information content (AvgIpc) is 2.46. The predicted molar refractivity (Wildman–Crippen MR) is 79.2 cm³/mol. The van der Waals surface area contributed by atoms with E-state index in [9.17, 15) is 0 Å². The smallest absolute Gasteiger partial charge is 0.0573 e. The molecule has 3 aromatic rings. The van der Waals surface area contributed by atoms with Crippen LogP contribution in [0.15, 0.2) is 60.9 Å². The zero-order valence-electron chi connectivity index (χ0n) is 10.3. The summed E-state index contributed by atoms with van der Waals surface area (Å²) in [6, 6.07) is 15.5. The van der Waals surface area contributed by atoms with Crippen molar-refractivity contribution >= 4 is 22.4 Å². The van der Waals surface area contributed by atoms with Crippen LogP contribution in [-0.2, 0) is 0 Å². The van der Waals surface area contributed by atoms with Crippen LogP contribution < -0.4 is 5.73 Å². The van der Waals surface area contributed by atoms with E-state index in [1.807, 2.05) is 48.7 Å². The van der Waals surface area contributed by atoms with Gasteiger partial charge in [0.05, 0.1) is 6.04 Å². The third-order valence-electron chi connectivity index (χ3n) is 3.29. The second-order valence-electron chi connectivity index (χ2n) is 4.44. The highest BCUT2D eigenvalue weighted by atomic mass is 35.5. The Kier molecular flexibility index (Phi) is 3.20. The minimum absolute atomic E-state index is 0.249. The first kappa shape index (κ1) is 12.2. The van der Waals surface area contributed by atoms with Crippen molar-refractivity contribution in [3.05, 3.63) is 77.1 Å². The van der Waals surface area contributed by atoms with Crippen LogP contribution in [0.2, 0.25) is 5.02 Å². The maximum Gasteiger partial charge on any atom is 0.0573 e. The molecule has 1 aromatic heterocycles. The van der Waals surface area contributed by atoms with E-state index in [0.717, 1.165) is 21.9 Å². The van der Waals surface area contributed by atoms with E-state index < -0.39 is 0 Å². The first-order chi connectivity index (χ1) is 9.27. The van der Waals surface area contributed by atoms with E-state index in [2.05, 4.69) is 11.1 Å².